The van der Waals surface area contributed by atoms with E-state index >= 15 is 0 Å². The lowest BCUT2D eigenvalue weighted by Gasteiger charge is -2.30. The summed E-state index contributed by atoms with van der Waals surface area (Å²) >= 11 is 0. The van der Waals surface area contributed by atoms with E-state index in [1.165, 1.54) is 54.6 Å². The van der Waals surface area contributed by atoms with Crippen molar-refractivity contribution in [1.82, 2.24) is 9.13 Å². The summed E-state index contributed by atoms with van der Waals surface area (Å²) in [6.45, 7) is 2.18. The van der Waals surface area contributed by atoms with Crippen LogP contribution in [0.2, 0.25) is 0 Å². The molecule has 11 aromatic rings. The molecule has 0 amide bonds. The van der Waals surface area contributed by atoms with Crippen LogP contribution < -0.4 is 21.1 Å². The van der Waals surface area contributed by atoms with Crippen molar-refractivity contribution in [2.24, 2.45) is 0 Å². The van der Waals surface area contributed by atoms with Gasteiger partial charge < -0.3 is 19.4 Å². The molecule has 0 spiro atoms. The number of para-hydroxylation sites is 7. The zero-order valence-electron chi connectivity index (χ0n) is 33.0. The van der Waals surface area contributed by atoms with E-state index in [4.69, 9.17) is 0 Å². The van der Waals surface area contributed by atoms with Crippen molar-refractivity contribution in [3.8, 4) is 22.5 Å². The van der Waals surface area contributed by atoms with Gasteiger partial charge in [0, 0.05) is 66.7 Å². The number of aromatic nitrogens is 2. The number of benzene rings is 9. The van der Waals surface area contributed by atoms with Gasteiger partial charge in [-0.1, -0.05) is 145 Å². The van der Waals surface area contributed by atoms with Crippen LogP contribution in [0.3, 0.4) is 0 Å². The standard InChI is InChI=1S/C55H38BN4/c1-36-18-11-14-29-48(36)57-53-43(32-33-45-42-26-12-15-30-49(42)59(55(45)53)39-23-9-4-10-24-39)46-34-40(58(37-19-5-2-6-20-37)38-21-7-3-8-22-38)35-51-52(46)56-47-28-17-27-44-41-25-13-16-31-50(41)60(51)54(44)47/h2-35,57H,1H3. The Labute approximate surface area is 349 Å². The average Bonchev–Trinajstić information content (AvgIpc) is 3.83. The largest absolute Gasteiger partial charge is 0.353 e. The molecule has 4 nitrogen and oxygen atoms in total. The highest BCUT2D eigenvalue weighted by Gasteiger charge is 2.29. The van der Waals surface area contributed by atoms with Crippen LogP contribution in [0.25, 0.3) is 66.1 Å². The van der Waals surface area contributed by atoms with E-state index in [9.17, 15) is 0 Å². The Morgan fingerprint density at radius 1 is 0.450 bits per heavy atom. The molecule has 0 fully saturated rings. The number of fused-ring (bicyclic) bond motifs is 8. The molecule has 0 aliphatic carbocycles. The molecule has 3 heterocycles. The van der Waals surface area contributed by atoms with E-state index in [2.05, 4.69) is 240 Å². The number of hydrogen-bond acceptors (Lipinski definition) is 2. The molecule has 281 valence electrons. The van der Waals surface area contributed by atoms with Crippen LogP contribution in [0.4, 0.5) is 28.4 Å². The molecule has 1 N–H and O–H groups in total. The summed E-state index contributed by atoms with van der Waals surface area (Å²) in [6, 6.07) is 74.7. The smallest absolute Gasteiger partial charge is 0.197 e. The maximum atomic E-state index is 4.08. The van der Waals surface area contributed by atoms with Crippen molar-refractivity contribution >= 4 is 90.3 Å². The van der Waals surface area contributed by atoms with E-state index in [0.29, 0.717) is 0 Å². The average molecular weight is 766 g/mol. The summed E-state index contributed by atoms with van der Waals surface area (Å²) in [5, 5.41) is 9.00. The number of hydrogen-bond donors (Lipinski definition) is 1. The van der Waals surface area contributed by atoms with Crippen LogP contribution in [0.15, 0.2) is 206 Å². The third kappa shape index (κ3) is 5.26. The topological polar surface area (TPSA) is 25.1 Å². The second-order valence-corrected chi connectivity index (χ2v) is 15.7. The number of nitrogens with zero attached hydrogens (tertiary/aromatic N) is 3. The van der Waals surface area contributed by atoms with E-state index in [1.54, 1.807) is 0 Å². The zero-order chi connectivity index (χ0) is 39.7. The van der Waals surface area contributed by atoms with Crippen molar-refractivity contribution in [3.63, 3.8) is 0 Å². The molecule has 60 heavy (non-hydrogen) atoms. The number of anilines is 5. The lowest BCUT2D eigenvalue weighted by Crippen LogP contribution is -2.37. The minimum absolute atomic E-state index is 1.06. The van der Waals surface area contributed by atoms with E-state index in [0.717, 1.165) is 56.5 Å². The molecule has 0 bridgehead atoms. The van der Waals surface area contributed by atoms with Crippen LogP contribution in [-0.2, 0) is 0 Å². The van der Waals surface area contributed by atoms with Gasteiger partial charge in [0.25, 0.3) is 0 Å². The van der Waals surface area contributed by atoms with Gasteiger partial charge in [0.1, 0.15) is 0 Å². The van der Waals surface area contributed by atoms with E-state index in [-0.39, 0.29) is 0 Å². The van der Waals surface area contributed by atoms with Gasteiger partial charge in [-0.05, 0) is 90.2 Å². The second-order valence-electron chi connectivity index (χ2n) is 15.7. The first-order chi connectivity index (χ1) is 29.7. The second kappa shape index (κ2) is 13.7. The first-order valence-corrected chi connectivity index (χ1v) is 20.6. The molecule has 0 saturated heterocycles. The van der Waals surface area contributed by atoms with Crippen LogP contribution >= 0.6 is 0 Å². The van der Waals surface area contributed by atoms with E-state index < -0.39 is 0 Å². The predicted octanol–water partition coefficient (Wildman–Crippen LogP) is 13.0. The molecule has 5 heteroatoms. The van der Waals surface area contributed by atoms with Gasteiger partial charge in [-0.3, -0.25) is 0 Å². The molecule has 0 saturated carbocycles. The van der Waals surface area contributed by atoms with Gasteiger partial charge in [0.2, 0.25) is 0 Å². The molecule has 0 unspecified atom stereocenters. The van der Waals surface area contributed by atoms with Crippen molar-refractivity contribution in [3.05, 3.63) is 212 Å². The summed E-state index contributed by atoms with van der Waals surface area (Å²) in [5.74, 6) is 0. The van der Waals surface area contributed by atoms with Gasteiger partial charge in [0.05, 0.1) is 22.2 Å². The maximum Gasteiger partial charge on any atom is 0.197 e. The monoisotopic (exact) mass is 765 g/mol. The SMILES string of the molecule is Cc1ccccc1Nc1c(-c2cc(N(c3ccccc3)c3ccccc3)cc3c2[B]c2cccc4c5ccccc5n-3c24)ccc2c3ccccc3n(-c3ccccc3)c12. The molecule has 12 rings (SSSR count). The third-order valence-electron chi connectivity index (χ3n) is 12.2. The van der Waals surface area contributed by atoms with E-state index in [1.807, 2.05) is 0 Å². The fourth-order valence-corrected chi connectivity index (χ4v) is 9.58. The first-order valence-electron chi connectivity index (χ1n) is 20.6. The fourth-order valence-electron chi connectivity index (χ4n) is 9.58. The molecule has 1 radical (unpaired) electrons. The molecule has 0 atom stereocenters. The molecular weight excluding hydrogens is 727 g/mol. The quantitative estimate of drug-likeness (QED) is 0.164. The highest BCUT2D eigenvalue weighted by molar-refractivity contribution is 6.73. The highest BCUT2D eigenvalue weighted by atomic mass is 15.1. The number of rotatable bonds is 7. The van der Waals surface area contributed by atoms with Crippen LogP contribution in [0.1, 0.15) is 5.56 Å². The van der Waals surface area contributed by atoms with Gasteiger partial charge in [-0.15, -0.1) is 0 Å². The molecule has 9 aromatic carbocycles. The van der Waals surface area contributed by atoms with Gasteiger partial charge >= 0.3 is 0 Å². The minimum Gasteiger partial charge on any atom is -0.353 e. The maximum absolute atomic E-state index is 4.08. The Morgan fingerprint density at radius 2 is 1.03 bits per heavy atom. The van der Waals surface area contributed by atoms with Crippen molar-refractivity contribution < 1.29 is 0 Å². The van der Waals surface area contributed by atoms with Crippen LogP contribution in [-0.4, -0.2) is 16.4 Å². The van der Waals surface area contributed by atoms with Gasteiger partial charge in [-0.2, -0.15) is 0 Å². The lowest BCUT2D eigenvalue weighted by atomic mass is 9.59. The van der Waals surface area contributed by atoms with Crippen LogP contribution in [0.5, 0.6) is 0 Å². The summed E-state index contributed by atoms with van der Waals surface area (Å²) in [7, 11) is 2.42. The van der Waals surface area contributed by atoms with Crippen molar-refractivity contribution in [1.29, 1.82) is 0 Å². The number of aryl methyl sites for hydroxylation is 1. The normalized spacial score (nSPS) is 11.9. The lowest BCUT2D eigenvalue weighted by molar-refractivity contribution is 1.18. The summed E-state index contributed by atoms with van der Waals surface area (Å²) in [5.41, 5.74) is 18.2. The van der Waals surface area contributed by atoms with Crippen LogP contribution in [0, 0.1) is 6.92 Å². The zero-order valence-corrected chi connectivity index (χ0v) is 33.0. The minimum atomic E-state index is 1.06. The molecule has 2 aromatic heterocycles. The van der Waals surface area contributed by atoms with Gasteiger partial charge in [-0.25, -0.2) is 0 Å². The van der Waals surface area contributed by atoms with Gasteiger partial charge in [0.15, 0.2) is 7.28 Å². The Morgan fingerprint density at radius 3 is 1.73 bits per heavy atom. The summed E-state index contributed by atoms with van der Waals surface area (Å²) < 4.78 is 4.94. The number of nitrogens with one attached hydrogen (secondary N) is 1. The Kier molecular flexibility index (Phi) is 7.82. The Balaban J connectivity index is 1.24. The highest BCUT2D eigenvalue weighted by Crippen LogP contribution is 2.46. The summed E-state index contributed by atoms with van der Waals surface area (Å²) in [6.07, 6.45) is 0. The molecule has 1 aliphatic rings. The Hall–Kier alpha value is -7.76. The van der Waals surface area contributed by atoms with Crippen molar-refractivity contribution in [2.45, 2.75) is 6.92 Å². The Bertz CT molecular complexity index is 3400. The molecule has 1 aliphatic heterocycles. The molecular formula is C55H38BN4. The fraction of sp³-hybridized carbons (Fsp3) is 0.0182. The first kappa shape index (κ1) is 34.3. The summed E-state index contributed by atoms with van der Waals surface area (Å²) in [4.78, 5) is 2.39. The predicted molar refractivity (Wildman–Crippen MR) is 255 cm³/mol. The van der Waals surface area contributed by atoms with Crippen molar-refractivity contribution in [2.75, 3.05) is 10.2 Å². The third-order valence-corrected chi connectivity index (χ3v) is 12.2.